The van der Waals surface area contributed by atoms with Gasteiger partial charge in [0.25, 0.3) is 0 Å². The topological polar surface area (TPSA) is 40.5 Å². The maximum Gasteiger partial charge on any atom is 0.127 e. The van der Waals surface area contributed by atoms with Gasteiger partial charge in [-0.15, -0.1) is 0 Å². The van der Waals surface area contributed by atoms with E-state index in [1.165, 1.54) is 36.4 Å². The van der Waals surface area contributed by atoms with Crippen molar-refractivity contribution in [3.05, 3.63) is 70.2 Å². The Morgan fingerprint density at radius 1 is 0.905 bits per heavy atom. The zero-order valence-electron chi connectivity index (χ0n) is 11.2. The van der Waals surface area contributed by atoms with Crippen LogP contribution < -0.4 is 0 Å². The van der Waals surface area contributed by atoms with Crippen LogP contribution in [0.5, 0.6) is 0 Å². The second kappa shape index (κ2) is 6.52. The lowest BCUT2D eigenvalue weighted by molar-refractivity contribution is 0.112. The van der Waals surface area contributed by atoms with Crippen molar-refractivity contribution in [1.82, 2.24) is 0 Å². The molecule has 0 bridgehead atoms. The van der Waals surface area contributed by atoms with Gasteiger partial charge in [-0.1, -0.05) is 35.9 Å². The Labute approximate surface area is 126 Å². The van der Waals surface area contributed by atoms with Gasteiger partial charge >= 0.3 is 0 Å². The van der Waals surface area contributed by atoms with E-state index in [2.05, 4.69) is 0 Å². The Balaban J connectivity index is 2.51. The quantitative estimate of drug-likeness (QED) is 0.891. The molecular formula is C16H15ClF2O2. The van der Waals surface area contributed by atoms with Crippen LogP contribution in [-0.4, -0.2) is 23.4 Å². The second-order valence-electron chi connectivity index (χ2n) is 4.95. The molecule has 0 spiro atoms. The number of aliphatic hydroxyl groups excluding tert-OH is 2. The number of hydrogen-bond donors (Lipinski definition) is 2. The summed E-state index contributed by atoms with van der Waals surface area (Å²) < 4.78 is 27.9. The molecule has 2 aromatic rings. The first-order chi connectivity index (χ1) is 10.0. The summed E-state index contributed by atoms with van der Waals surface area (Å²) in [6.45, 7) is -1.07. The van der Waals surface area contributed by atoms with Gasteiger partial charge in [-0.3, -0.25) is 0 Å². The summed E-state index contributed by atoms with van der Waals surface area (Å²) in [5, 5.41) is 19.6. The van der Waals surface area contributed by atoms with Crippen LogP contribution in [0.25, 0.3) is 0 Å². The van der Waals surface area contributed by atoms with E-state index in [-0.39, 0.29) is 22.6 Å². The molecule has 5 heteroatoms. The molecule has 0 amide bonds. The maximum absolute atomic E-state index is 14.0. The molecule has 0 aliphatic rings. The minimum absolute atomic E-state index is 0.105. The molecule has 0 fully saturated rings. The molecule has 0 saturated carbocycles. The van der Waals surface area contributed by atoms with Crippen LogP contribution in [0.2, 0.25) is 5.02 Å². The van der Waals surface area contributed by atoms with Gasteiger partial charge in [0.1, 0.15) is 11.6 Å². The molecule has 21 heavy (non-hydrogen) atoms. The predicted octanol–water partition coefficient (Wildman–Crippen LogP) is 3.08. The van der Waals surface area contributed by atoms with Crippen LogP contribution in [0, 0.1) is 11.6 Å². The Kier molecular flexibility index (Phi) is 4.93. The number of hydrogen-bond acceptors (Lipinski definition) is 2. The van der Waals surface area contributed by atoms with Crippen LogP contribution in [-0.2, 0) is 11.8 Å². The lowest BCUT2D eigenvalue weighted by Gasteiger charge is -2.31. The SMILES string of the molecule is OCC(CO)(Cc1c(F)cccc1Cl)c1ccccc1F. The number of benzene rings is 2. The summed E-state index contributed by atoms with van der Waals surface area (Å²) in [5.74, 6) is -1.11. The number of rotatable bonds is 5. The largest absolute Gasteiger partial charge is 0.395 e. The zero-order chi connectivity index (χ0) is 15.5. The lowest BCUT2D eigenvalue weighted by Crippen LogP contribution is -2.38. The van der Waals surface area contributed by atoms with Gasteiger partial charge in [0.15, 0.2) is 0 Å². The van der Waals surface area contributed by atoms with Gasteiger partial charge in [-0.25, -0.2) is 8.78 Å². The Bertz CT molecular complexity index is 607. The summed E-state index contributed by atoms with van der Waals surface area (Å²) >= 11 is 5.98. The fourth-order valence-electron chi connectivity index (χ4n) is 2.36. The van der Waals surface area contributed by atoms with Crippen molar-refractivity contribution >= 4 is 11.6 Å². The Hall–Kier alpha value is -1.49. The normalized spacial score (nSPS) is 11.7. The molecule has 112 valence electrons. The molecule has 0 atom stereocenters. The van der Waals surface area contributed by atoms with Gasteiger partial charge < -0.3 is 10.2 Å². The average molecular weight is 313 g/mol. The minimum atomic E-state index is -1.34. The van der Waals surface area contributed by atoms with Crippen molar-refractivity contribution in [2.24, 2.45) is 0 Å². The molecule has 2 aromatic carbocycles. The summed E-state index contributed by atoms with van der Waals surface area (Å²) in [6, 6.07) is 10.0. The molecule has 2 nitrogen and oxygen atoms in total. The Morgan fingerprint density at radius 2 is 1.52 bits per heavy atom. The van der Waals surface area contributed by atoms with Crippen molar-refractivity contribution in [3.63, 3.8) is 0 Å². The van der Waals surface area contributed by atoms with E-state index in [1.54, 1.807) is 6.07 Å². The third kappa shape index (κ3) is 3.07. The molecule has 0 aliphatic carbocycles. The number of halogens is 3. The maximum atomic E-state index is 14.0. The fraction of sp³-hybridized carbons (Fsp3) is 0.250. The first-order valence-electron chi connectivity index (χ1n) is 6.43. The molecular weight excluding hydrogens is 298 g/mol. The van der Waals surface area contributed by atoms with Gasteiger partial charge in [0, 0.05) is 16.0 Å². The van der Waals surface area contributed by atoms with Gasteiger partial charge in [0.05, 0.1) is 13.2 Å². The van der Waals surface area contributed by atoms with Crippen LogP contribution >= 0.6 is 11.6 Å². The highest BCUT2D eigenvalue weighted by Crippen LogP contribution is 2.33. The third-order valence-corrected chi connectivity index (χ3v) is 3.98. The molecule has 2 rings (SSSR count). The third-order valence-electron chi connectivity index (χ3n) is 3.63. The predicted molar refractivity (Wildman–Crippen MR) is 77.4 cm³/mol. The van der Waals surface area contributed by atoms with Crippen LogP contribution in [0.3, 0.4) is 0 Å². The summed E-state index contributed by atoms with van der Waals surface area (Å²) in [7, 11) is 0. The van der Waals surface area contributed by atoms with E-state index in [0.29, 0.717) is 0 Å². The van der Waals surface area contributed by atoms with Gasteiger partial charge in [-0.05, 0) is 30.2 Å². The summed E-state index contributed by atoms with van der Waals surface area (Å²) in [5.41, 5.74) is -1.06. The highest BCUT2D eigenvalue weighted by atomic mass is 35.5. The van der Waals surface area contributed by atoms with E-state index >= 15 is 0 Å². The highest BCUT2D eigenvalue weighted by Gasteiger charge is 2.35. The monoisotopic (exact) mass is 312 g/mol. The van der Waals surface area contributed by atoms with Crippen molar-refractivity contribution < 1.29 is 19.0 Å². The molecule has 0 radical (unpaired) electrons. The van der Waals surface area contributed by atoms with Crippen molar-refractivity contribution in [2.45, 2.75) is 11.8 Å². The van der Waals surface area contributed by atoms with Crippen LogP contribution in [0.1, 0.15) is 11.1 Å². The lowest BCUT2D eigenvalue weighted by atomic mass is 9.76. The molecule has 0 saturated heterocycles. The number of aliphatic hydroxyl groups is 2. The zero-order valence-corrected chi connectivity index (χ0v) is 11.9. The molecule has 0 unspecified atom stereocenters. The van der Waals surface area contributed by atoms with Crippen molar-refractivity contribution in [3.8, 4) is 0 Å². The van der Waals surface area contributed by atoms with E-state index in [0.717, 1.165) is 0 Å². The summed E-state index contributed by atoms with van der Waals surface area (Å²) in [6.07, 6.45) is -0.105. The standard InChI is InChI=1S/C16H15ClF2O2/c17-13-5-3-7-14(18)11(13)8-16(9-20,10-21)12-4-1-2-6-15(12)19/h1-7,20-21H,8-10H2. The smallest absolute Gasteiger partial charge is 0.127 e. The average Bonchev–Trinajstić information content (AvgIpc) is 2.49. The molecule has 0 heterocycles. The highest BCUT2D eigenvalue weighted by molar-refractivity contribution is 6.31. The first kappa shape index (κ1) is 15.9. The van der Waals surface area contributed by atoms with E-state index in [4.69, 9.17) is 11.6 Å². The van der Waals surface area contributed by atoms with Gasteiger partial charge in [-0.2, -0.15) is 0 Å². The molecule has 2 N–H and O–H groups in total. The minimum Gasteiger partial charge on any atom is -0.395 e. The summed E-state index contributed by atoms with van der Waals surface area (Å²) in [4.78, 5) is 0. The van der Waals surface area contributed by atoms with Crippen molar-refractivity contribution in [2.75, 3.05) is 13.2 Å². The van der Waals surface area contributed by atoms with Gasteiger partial charge in [0.2, 0.25) is 0 Å². The molecule has 0 aliphatic heterocycles. The first-order valence-corrected chi connectivity index (χ1v) is 6.81. The van der Waals surface area contributed by atoms with Crippen molar-refractivity contribution in [1.29, 1.82) is 0 Å². The van der Waals surface area contributed by atoms with Crippen LogP contribution in [0.4, 0.5) is 8.78 Å². The Morgan fingerprint density at radius 3 is 2.10 bits per heavy atom. The fourth-order valence-corrected chi connectivity index (χ4v) is 2.59. The second-order valence-corrected chi connectivity index (χ2v) is 5.36. The van der Waals surface area contributed by atoms with E-state index in [1.807, 2.05) is 0 Å². The molecule has 0 aromatic heterocycles. The van der Waals surface area contributed by atoms with E-state index < -0.39 is 30.3 Å². The van der Waals surface area contributed by atoms with Crippen LogP contribution in [0.15, 0.2) is 42.5 Å². The van der Waals surface area contributed by atoms with E-state index in [9.17, 15) is 19.0 Å².